The fraction of sp³-hybridized carbons (Fsp3) is 0.333. The standard InChI is InChI=1S/C9H10FNO2/c1-6-3-8(5-10)7(2)9(4-6)11(12)13/h3-4H,5H2,1-2H3. The van der Waals surface area contributed by atoms with E-state index in [9.17, 15) is 14.5 Å². The van der Waals surface area contributed by atoms with Crippen molar-refractivity contribution in [1.82, 2.24) is 0 Å². The molecule has 3 nitrogen and oxygen atoms in total. The van der Waals surface area contributed by atoms with Crippen LogP contribution in [0.1, 0.15) is 16.7 Å². The van der Waals surface area contributed by atoms with Crippen LogP contribution in [0.15, 0.2) is 12.1 Å². The van der Waals surface area contributed by atoms with Crippen molar-refractivity contribution in [3.8, 4) is 0 Å². The summed E-state index contributed by atoms with van der Waals surface area (Å²) in [5.74, 6) is 0. The van der Waals surface area contributed by atoms with Gasteiger partial charge in [0.25, 0.3) is 5.69 Å². The van der Waals surface area contributed by atoms with E-state index in [1.54, 1.807) is 19.9 Å². The number of hydrogen-bond acceptors (Lipinski definition) is 2. The fourth-order valence-electron chi connectivity index (χ4n) is 1.24. The average Bonchev–Trinajstić information content (AvgIpc) is 2.08. The summed E-state index contributed by atoms with van der Waals surface area (Å²) in [4.78, 5) is 10.0. The molecule has 4 heteroatoms. The van der Waals surface area contributed by atoms with Crippen LogP contribution in [0, 0.1) is 24.0 Å². The lowest BCUT2D eigenvalue weighted by Crippen LogP contribution is -1.96. The van der Waals surface area contributed by atoms with Gasteiger partial charge in [0, 0.05) is 11.6 Å². The van der Waals surface area contributed by atoms with E-state index in [0.29, 0.717) is 16.7 Å². The topological polar surface area (TPSA) is 43.1 Å². The summed E-state index contributed by atoms with van der Waals surface area (Å²) in [6.07, 6.45) is 0. The average molecular weight is 183 g/mol. The highest BCUT2D eigenvalue weighted by Gasteiger charge is 2.14. The van der Waals surface area contributed by atoms with Gasteiger partial charge in [0.2, 0.25) is 0 Å². The van der Waals surface area contributed by atoms with Gasteiger partial charge >= 0.3 is 0 Å². The molecule has 0 N–H and O–H groups in total. The molecule has 0 aliphatic heterocycles. The van der Waals surface area contributed by atoms with E-state index < -0.39 is 11.6 Å². The van der Waals surface area contributed by atoms with Crippen LogP contribution >= 0.6 is 0 Å². The van der Waals surface area contributed by atoms with Gasteiger partial charge in [-0.3, -0.25) is 10.1 Å². The van der Waals surface area contributed by atoms with Gasteiger partial charge in [0.05, 0.1) is 4.92 Å². The van der Waals surface area contributed by atoms with Crippen LogP contribution in [0.3, 0.4) is 0 Å². The third kappa shape index (κ3) is 1.83. The van der Waals surface area contributed by atoms with Gasteiger partial charge in [-0.25, -0.2) is 4.39 Å². The molecule has 13 heavy (non-hydrogen) atoms. The summed E-state index contributed by atoms with van der Waals surface area (Å²) in [7, 11) is 0. The number of nitro benzene ring substituents is 1. The third-order valence-corrected chi connectivity index (χ3v) is 1.97. The zero-order valence-electron chi connectivity index (χ0n) is 7.50. The molecule has 1 aromatic rings. The van der Waals surface area contributed by atoms with Crippen LogP contribution in [0.4, 0.5) is 10.1 Å². The molecule has 1 aromatic carbocycles. The van der Waals surface area contributed by atoms with Gasteiger partial charge in [0.1, 0.15) is 6.67 Å². The van der Waals surface area contributed by atoms with Crippen LogP contribution in [0.5, 0.6) is 0 Å². The highest BCUT2D eigenvalue weighted by atomic mass is 19.1. The number of aryl methyl sites for hydroxylation is 1. The van der Waals surface area contributed by atoms with E-state index in [1.165, 1.54) is 6.07 Å². The van der Waals surface area contributed by atoms with Crippen LogP contribution in [-0.2, 0) is 6.67 Å². The molecule has 0 aromatic heterocycles. The molecule has 0 fully saturated rings. The van der Waals surface area contributed by atoms with Crippen molar-refractivity contribution < 1.29 is 9.31 Å². The summed E-state index contributed by atoms with van der Waals surface area (Å²) in [6.45, 7) is 2.62. The fourth-order valence-corrected chi connectivity index (χ4v) is 1.24. The Balaban J connectivity index is 3.35. The quantitative estimate of drug-likeness (QED) is 0.522. The maximum absolute atomic E-state index is 12.4. The van der Waals surface area contributed by atoms with Gasteiger partial charge in [-0.1, -0.05) is 6.07 Å². The lowest BCUT2D eigenvalue weighted by molar-refractivity contribution is -0.385. The largest absolute Gasteiger partial charge is 0.272 e. The predicted octanol–water partition coefficient (Wildman–Crippen LogP) is 2.68. The Kier molecular flexibility index (Phi) is 2.60. The number of halogens is 1. The SMILES string of the molecule is Cc1cc(CF)c(C)c([N+](=O)[O-])c1. The van der Waals surface area contributed by atoms with Crippen LogP contribution < -0.4 is 0 Å². The lowest BCUT2D eigenvalue weighted by atomic mass is 10.0. The number of hydrogen-bond donors (Lipinski definition) is 0. The zero-order valence-corrected chi connectivity index (χ0v) is 7.50. The molecule has 0 aliphatic rings. The van der Waals surface area contributed by atoms with Gasteiger partial charge < -0.3 is 0 Å². The highest BCUT2D eigenvalue weighted by molar-refractivity contribution is 5.47. The lowest BCUT2D eigenvalue weighted by Gasteiger charge is -2.03. The van der Waals surface area contributed by atoms with Crippen molar-refractivity contribution >= 4 is 5.69 Å². The van der Waals surface area contributed by atoms with Crippen LogP contribution in [0.25, 0.3) is 0 Å². The molecule has 0 spiro atoms. The van der Waals surface area contributed by atoms with E-state index in [1.807, 2.05) is 0 Å². The Morgan fingerprint density at radius 2 is 2.08 bits per heavy atom. The molecule has 0 bridgehead atoms. The second-order valence-corrected chi connectivity index (χ2v) is 2.96. The van der Waals surface area contributed by atoms with E-state index in [4.69, 9.17) is 0 Å². The Morgan fingerprint density at radius 3 is 2.54 bits per heavy atom. The van der Waals surface area contributed by atoms with E-state index in [2.05, 4.69) is 0 Å². The summed E-state index contributed by atoms with van der Waals surface area (Å²) in [6, 6.07) is 3.08. The second-order valence-electron chi connectivity index (χ2n) is 2.96. The maximum Gasteiger partial charge on any atom is 0.272 e. The minimum absolute atomic E-state index is 0.00681. The summed E-state index contributed by atoms with van der Waals surface area (Å²) in [5, 5.41) is 10.5. The van der Waals surface area contributed by atoms with Gasteiger partial charge in [-0.2, -0.15) is 0 Å². The highest BCUT2D eigenvalue weighted by Crippen LogP contribution is 2.23. The normalized spacial score (nSPS) is 10.1. The summed E-state index contributed by atoms with van der Waals surface area (Å²) < 4.78 is 12.4. The molecule has 0 amide bonds. The predicted molar refractivity (Wildman–Crippen MR) is 47.4 cm³/mol. The maximum atomic E-state index is 12.4. The Bertz CT molecular complexity index is 350. The van der Waals surface area contributed by atoms with Crippen molar-refractivity contribution in [2.45, 2.75) is 20.5 Å². The molecular weight excluding hydrogens is 173 g/mol. The van der Waals surface area contributed by atoms with E-state index in [-0.39, 0.29) is 5.69 Å². The van der Waals surface area contributed by atoms with E-state index >= 15 is 0 Å². The summed E-state index contributed by atoms with van der Waals surface area (Å²) in [5.41, 5.74) is 1.52. The minimum Gasteiger partial charge on any atom is -0.258 e. The van der Waals surface area contributed by atoms with Gasteiger partial charge in [-0.05, 0) is 25.0 Å². The van der Waals surface area contributed by atoms with Crippen LogP contribution in [0.2, 0.25) is 0 Å². The third-order valence-electron chi connectivity index (χ3n) is 1.97. The molecule has 70 valence electrons. The molecule has 0 saturated heterocycles. The number of nitro groups is 1. The number of benzene rings is 1. The van der Waals surface area contributed by atoms with Crippen molar-refractivity contribution in [2.24, 2.45) is 0 Å². The molecule has 0 unspecified atom stereocenters. The van der Waals surface area contributed by atoms with Crippen molar-refractivity contribution in [1.29, 1.82) is 0 Å². The number of rotatable bonds is 2. The van der Waals surface area contributed by atoms with Gasteiger partial charge in [-0.15, -0.1) is 0 Å². The Morgan fingerprint density at radius 1 is 1.46 bits per heavy atom. The van der Waals surface area contributed by atoms with E-state index in [0.717, 1.165) is 0 Å². The minimum atomic E-state index is -0.658. The first kappa shape index (κ1) is 9.64. The summed E-state index contributed by atoms with van der Waals surface area (Å²) >= 11 is 0. The van der Waals surface area contributed by atoms with Gasteiger partial charge in [0.15, 0.2) is 0 Å². The molecule has 0 heterocycles. The number of alkyl halides is 1. The van der Waals surface area contributed by atoms with Crippen molar-refractivity contribution in [3.63, 3.8) is 0 Å². The van der Waals surface area contributed by atoms with Crippen molar-refractivity contribution in [3.05, 3.63) is 38.9 Å². The zero-order chi connectivity index (χ0) is 10.0. The first-order valence-corrected chi connectivity index (χ1v) is 3.86. The molecule has 0 aliphatic carbocycles. The molecule has 0 radical (unpaired) electrons. The monoisotopic (exact) mass is 183 g/mol. The molecular formula is C9H10FNO2. The second kappa shape index (κ2) is 3.51. The Labute approximate surface area is 75.3 Å². The Hall–Kier alpha value is -1.45. The first-order valence-electron chi connectivity index (χ1n) is 3.86. The van der Waals surface area contributed by atoms with Crippen LogP contribution in [-0.4, -0.2) is 4.92 Å². The first-order chi connectivity index (χ1) is 6.06. The smallest absolute Gasteiger partial charge is 0.258 e. The van der Waals surface area contributed by atoms with Crippen molar-refractivity contribution in [2.75, 3.05) is 0 Å². The number of nitrogens with zero attached hydrogens (tertiary/aromatic N) is 1. The molecule has 0 atom stereocenters. The molecule has 0 saturated carbocycles. The molecule has 1 rings (SSSR count).